The minimum absolute atomic E-state index is 0.0416. The summed E-state index contributed by atoms with van der Waals surface area (Å²) in [4.78, 5) is 14.2. The van der Waals surface area contributed by atoms with Gasteiger partial charge in [-0.15, -0.1) is 0 Å². The predicted molar refractivity (Wildman–Crippen MR) is 87.3 cm³/mol. The average molecular weight is 317 g/mol. The van der Waals surface area contributed by atoms with Gasteiger partial charge >= 0.3 is 0 Å². The summed E-state index contributed by atoms with van der Waals surface area (Å²) in [6.07, 6.45) is 5.75. The van der Waals surface area contributed by atoms with Crippen molar-refractivity contribution in [2.24, 2.45) is 0 Å². The van der Waals surface area contributed by atoms with Crippen molar-refractivity contribution in [3.63, 3.8) is 0 Å². The number of amides is 1. The highest BCUT2D eigenvalue weighted by molar-refractivity contribution is 5.92. The number of epoxide rings is 1. The topological polar surface area (TPSA) is 51.3 Å². The van der Waals surface area contributed by atoms with E-state index in [-0.39, 0.29) is 18.1 Å². The Morgan fingerprint density at radius 3 is 2.78 bits per heavy atom. The number of piperidine rings is 1. The lowest BCUT2D eigenvalue weighted by Gasteiger charge is -2.30. The number of methoxy groups -OCH3 is 1. The van der Waals surface area contributed by atoms with Gasteiger partial charge in [0.15, 0.2) is 0 Å². The number of carbonyl (C=O) groups excluding carboxylic acids is 1. The van der Waals surface area contributed by atoms with Crippen LogP contribution in [0.2, 0.25) is 0 Å². The molecular weight excluding hydrogens is 294 g/mol. The standard InChI is InChI=1S/C18H23NO4/c1-21-15-8-10-19(11-9-15)18(20)7-6-14-4-2-3-5-17(14)23-13-16-12-22-16/h2-7,15-16H,8-13H2,1H3/b7-6+. The molecule has 2 aliphatic rings. The van der Waals surface area contributed by atoms with E-state index in [0.29, 0.717) is 6.61 Å². The van der Waals surface area contributed by atoms with Crippen LogP contribution in [0.25, 0.3) is 6.08 Å². The van der Waals surface area contributed by atoms with Crippen LogP contribution in [0.4, 0.5) is 0 Å². The first-order valence-electron chi connectivity index (χ1n) is 8.09. The number of hydrogen-bond acceptors (Lipinski definition) is 4. The second-order valence-electron chi connectivity index (χ2n) is 5.90. The van der Waals surface area contributed by atoms with Crippen molar-refractivity contribution < 1.29 is 19.0 Å². The van der Waals surface area contributed by atoms with Gasteiger partial charge in [0.05, 0.1) is 12.7 Å². The molecule has 1 aromatic rings. The lowest BCUT2D eigenvalue weighted by molar-refractivity contribution is -0.128. The molecule has 0 aromatic heterocycles. The Kier molecular flexibility index (Phi) is 5.31. The van der Waals surface area contributed by atoms with Crippen LogP contribution in [0.15, 0.2) is 30.3 Å². The first-order valence-corrected chi connectivity index (χ1v) is 8.09. The third kappa shape index (κ3) is 4.56. The Morgan fingerprint density at radius 2 is 2.09 bits per heavy atom. The van der Waals surface area contributed by atoms with Crippen molar-refractivity contribution in [2.75, 3.05) is 33.4 Å². The first kappa shape index (κ1) is 16.0. The van der Waals surface area contributed by atoms with Crippen LogP contribution in [0.3, 0.4) is 0 Å². The van der Waals surface area contributed by atoms with Crippen molar-refractivity contribution in [1.29, 1.82) is 0 Å². The lowest BCUT2D eigenvalue weighted by Crippen LogP contribution is -2.39. The third-order valence-electron chi connectivity index (χ3n) is 4.24. The quantitative estimate of drug-likeness (QED) is 0.596. The number of hydrogen-bond donors (Lipinski definition) is 0. The molecule has 1 unspecified atom stereocenters. The summed E-state index contributed by atoms with van der Waals surface area (Å²) < 4.78 is 16.2. The molecule has 2 fully saturated rings. The number of carbonyl (C=O) groups is 1. The molecule has 1 amide bonds. The van der Waals surface area contributed by atoms with Gasteiger partial charge in [0.2, 0.25) is 5.91 Å². The molecule has 23 heavy (non-hydrogen) atoms. The fourth-order valence-corrected chi connectivity index (χ4v) is 2.68. The molecule has 5 heteroatoms. The maximum atomic E-state index is 12.3. The SMILES string of the molecule is COC1CCN(C(=O)/C=C/c2ccccc2OCC2CO2)CC1. The van der Waals surface area contributed by atoms with E-state index in [0.717, 1.165) is 43.9 Å². The first-order chi connectivity index (χ1) is 11.3. The van der Waals surface area contributed by atoms with E-state index in [9.17, 15) is 4.79 Å². The van der Waals surface area contributed by atoms with Gasteiger partial charge in [-0.1, -0.05) is 18.2 Å². The maximum Gasteiger partial charge on any atom is 0.246 e. The Morgan fingerprint density at radius 1 is 1.35 bits per heavy atom. The smallest absolute Gasteiger partial charge is 0.246 e. The molecule has 1 aromatic carbocycles. The molecule has 2 heterocycles. The van der Waals surface area contributed by atoms with E-state index < -0.39 is 0 Å². The third-order valence-corrected chi connectivity index (χ3v) is 4.24. The van der Waals surface area contributed by atoms with E-state index >= 15 is 0 Å². The predicted octanol–water partition coefficient (Wildman–Crippen LogP) is 2.11. The molecule has 124 valence electrons. The summed E-state index contributed by atoms with van der Waals surface area (Å²) in [5, 5.41) is 0. The van der Waals surface area contributed by atoms with Crippen molar-refractivity contribution in [2.45, 2.75) is 25.0 Å². The fourth-order valence-electron chi connectivity index (χ4n) is 2.68. The molecule has 0 saturated carbocycles. The van der Waals surface area contributed by atoms with Gasteiger partial charge in [0.1, 0.15) is 18.5 Å². The highest BCUT2D eigenvalue weighted by Crippen LogP contribution is 2.22. The highest BCUT2D eigenvalue weighted by atomic mass is 16.6. The van der Waals surface area contributed by atoms with Gasteiger partial charge in [-0.2, -0.15) is 0 Å². The van der Waals surface area contributed by atoms with E-state index in [2.05, 4.69) is 0 Å². The minimum Gasteiger partial charge on any atom is -0.490 e. The van der Waals surface area contributed by atoms with Crippen molar-refractivity contribution in [3.05, 3.63) is 35.9 Å². The number of ether oxygens (including phenoxy) is 3. The zero-order valence-corrected chi connectivity index (χ0v) is 13.4. The van der Waals surface area contributed by atoms with Crippen LogP contribution in [-0.2, 0) is 14.3 Å². The molecule has 0 bridgehead atoms. The molecule has 2 aliphatic heterocycles. The summed E-state index contributed by atoms with van der Waals surface area (Å²) in [5.41, 5.74) is 0.910. The summed E-state index contributed by atoms with van der Waals surface area (Å²) in [6.45, 7) is 2.83. The van der Waals surface area contributed by atoms with Gasteiger partial charge in [-0.3, -0.25) is 4.79 Å². The lowest BCUT2D eigenvalue weighted by atomic mass is 10.1. The maximum absolute atomic E-state index is 12.3. The molecule has 2 saturated heterocycles. The summed E-state index contributed by atoms with van der Waals surface area (Å²) in [6, 6.07) is 7.73. The number of para-hydroxylation sites is 1. The van der Waals surface area contributed by atoms with Crippen molar-refractivity contribution >= 4 is 12.0 Å². The summed E-state index contributed by atoms with van der Waals surface area (Å²) in [5.74, 6) is 0.824. The van der Waals surface area contributed by atoms with Crippen molar-refractivity contribution in [1.82, 2.24) is 4.90 Å². The van der Waals surface area contributed by atoms with Crippen molar-refractivity contribution in [3.8, 4) is 5.75 Å². The number of rotatable bonds is 6. The molecule has 0 spiro atoms. The van der Waals surface area contributed by atoms with Crippen LogP contribution in [0.1, 0.15) is 18.4 Å². The van der Waals surface area contributed by atoms with Gasteiger partial charge in [0, 0.05) is 31.8 Å². The highest BCUT2D eigenvalue weighted by Gasteiger charge is 2.23. The van der Waals surface area contributed by atoms with E-state index in [1.165, 1.54) is 0 Å². The number of benzene rings is 1. The molecule has 0 radical (unpaired) electrons. The average Bonchev–Trinajstić information content (AvgIpc) is 3.43. The largest absolute Gasteiger partial charge is 0.490 e. The Bertz CT molecular complexity index is 560. The minimum atomic E-state index is 0.0416. The normalized spacial score (nSPS) is 21.6. The Balaban J connectivity index is 1.57. The van der Waals surface area contributed by atoms with E-state index in [1.807, 2.05) is 35.2 Å². The summed E-state index contributed by atoms with van der Waals surface area (Å²) >= 11 is 0. The monoisotopic (exact) mass is 317 g/mol. The second-order valence-corrected chi connectivity index (χ2v) is 5.90. The molecular formula is C18H23NO4. The van der Waals surface area contributed by atoms with Crippen LogP contribution >= 0.6 is 0 Å². The fraction of sp³-hybridized carbons (Fsp3) is 0.500. The number of nitrogens with zero attached hydrogens (tertiary/aromatic N) is 1. The van der Waals surface area contributed by atoms with E-state index in [4.69, 9.17) is 14.2 Å². The zero-order valence-electron chi connectivity index (χ0n) is 13.4. The van der Waals surface area contributed by atoms with Crippen LogP contribution in [0.5, 0.6) is 5.75 Å². The van der Waals surface area contributed by atoms with Crippen LogP contribution in [-0.4, -0.2) is 56.4 Å². The van der Waals surface area contributed by atoms with Gasteiger partial charge in [-0.25, -0.2) is 0 Å². The summed E-state index contributed by atoms with van der Waals surface area (Å²) in [7, 11) is 1.73. The van der Waals surface area contributed by atoms with E-state index in [1.54, 1.807) is 13.2 Å². The van der Waals surface area contributed by atoms with Gasteiger partial charge < -0.3 is 19.1 Å². The van der Waals surface area contributed by atoms with Gasteiger partial charge in [-0.05, 0) is 25.0 Å². The Labute approximate surface area is 136 Å². The second kappa shape index (κ2) is 7.62. The molecule has 5 nitrogen and oxygen atoms in total. The molecule has 3 rings (SSSR count). The number of likely N-dealkylation sites (tertiary alicyclic amines) is 1. The molecule has 1 atom stereocenters. The van der Waals surface area contributed by atoms with Crippen LogP contribution < -0.4 is 4.74 Å². The Hall–Kier alpha value is -1.85. The van der Waals surface area contributed by atoms with Crippen LogP contribution in [0, 0.1) is 0 Å². The molecule has 0 N–H and O–H groups in total. The zero-order chi connectivity index (χ0) is 16.1. The van der Waals surface area contributed by atoms with Gasteiger partial charge in [0.25, 0.3) is 0 Å². The molecule has 0 aliphatic carbocycles.